The topological polar surface area (TPSA) is 84.2 Å². The van der Waals surface area contributed by atoms with Gasteiger partial charge in [-0.15, -0.1) is 0 Å². The van der Waals surface area contributed by atoms with Gasteiger partial charge >= 0.3 is 0 Å². The Balaban J connectivity index is 2.76. The molecule has 1 heterocycles. The molecule has 1 aromatic carbocycles. The van der Waals surface area contributed by atoms with Crippen LogP contribution in [0.5, 0.6) is 0 Å². The van der Waals surface area contributed by atoms with Crippen molar-refractivity contribution in [3.63, 3.8) is 0 Å². The first-order chi connectivity index (χ1) is 9.41. The first-order valence-electron chi connectivity index (χ1n) is 6.39. The normalized spacial score (nSPS) is 12.7. The molecule has 1 atom stereocenters. The van der Waals surface area contributed by atoms with Gasteiger partial charge in [0.1, 0.15) is 6.10 Å². The highest BCUT2D eigenvalue weighted by Crippen LogP contribution is 2.19. The average Bonchev–Trinajstić information content (AvgIpc) is 2.40. The molecule has 0 saturated carbocycles. The van der Waals surface area contributed by atoms with Crippen LogP contribution >= 0.6 is 0 Å². The number of para-hydroxylation sites is 1. The fraction of sp³-hybridized carbons (Fsp3) is 0.357. The van der Waals surface area contributed by atoms with Gasteiger partial charge in [0.15, 0.2) is 5.82 Å². The van der Waals surface area contributed by atoms with Crippen molar-refractivity contribution in [2.75, 3.05) is 5.43 Å². The number of aliphatic hydroxyl groups is 1. The number of carbonyl (C=O) groups is 1. The lowest BCUT2D eigenvalue weighted by atomic mass is 10.1. The smallest absolute Gasteiger partial charge is 0.280 e. The third-order valence-corrected chi connectivity index (χ3v) is 2.97. The Labute approximate surface area is 116 Å². The zero-order valence-corrected chi connectivity index (χ0v) is 11.6. The van der Waals surface area contributed by atoms with E-state index < -0.39 is 17.6 Å². The van der Waals surface area contributed by atoms with Crippen molar-refractivity contribution in [2.24, 2.45) is 5.92 Å². The summed E-state index contributed by atoms with van der Waals surface area (Å²) in [6.07, 6.45) is -0.945. The third-order valence-electron chi connectivity index (χ3n) is 2.97. The van der Waals surface area contributed by atoms with Gasteiger partial charge in [0.25, 0.3) is 5.56 Å². The Morgan fingerprint density at radius 3 is 2.60 bits per heavy atom. The second-order valence-corrected chi connectivity index (χ2v) is 4.98. The fourth-order valence-electron chi connectivity index (χ4n) is 1.91. The monoisotopic (exact) mass is 275 g/mol. The van der Waals surface area contributed by atoms with Gasteiger partial charge in [0, 0.05) is 6.92 Å². The van der Waals surface area contributed by atoms with Crippen LogP contribution in [0.3, 0.4) is 0 Å². The Hall–Kier alpha value is -2.21. The van der Waals surface area contributed by atoms with Gasteiger partial charge in [-0.3, -0.25) is 15.0 Å². The van der Waals surface area contributed by atoms with Crippen LogP contribution in [0.4, 0.5) is 0 Å². The predicted molar refractivity (Wildman–Crippen MR) is 75.8 cm³/mol. The number of aromatic nitrogens is 2. The number of hydrogen-bond acceptors (Lipinski definition) is 4. The molecule has 1 amide bonds. The van der Waals surface area contributed by atoms with Crippen molar-refractivity contribution in [1.82, 2.24) is 9.66 Å². The largest absolute Gasteiger partial charge is 0.385 e. The number of rotatable bonds is 3. The minimum atomic E-state index is -0.945. The Kier molecular flexibility index (Phi) is 3.85. The van der Waals surface area contributed by atoms with Gasteiger partial charge in [-0.2, -0.15) is 4.68 Å². The summed E-state index contributed by atoms with van der Waals surface area (Å²) in [5, 5.41) is 10.6. The summed E-state index contributed by atoms with van der Waals surface area (Å²) in [4.78, 5) is 28.0. The van der Waals surface area contributed by atoms with E-state index in [1.165, 1.54) is 6.92 Å². The minimum absolute atomic E-state index is 0.136. The van der Waals surface area contributed by atoms with Gasteiger partial charge in [-0.25, -0.2) is 4.98 Å². The SMILES string of the molecule is CC(=O)Nn1c([C@@H](O)C(C)C)nc2ccccc2c1=O. The predicted octanol–water partition coefficient (Wildman–Crippen LogP) is 1.18. The van der Waals surface area contributed by atoms with Crippen LogP contribution in [0, 0.1) is 5.92 Å². The number of nitrogens with one attached hydrogen (secondary N) is 1. The maximum atomic E-state index is 12.4. The van der Waals surface area contributed by atoms with E-state index in [1.54, 1.807) is 24.3 Å². The summed E-state index contributed by atoms with van der Waals surface area (Å²) >= 11 is 0. The van der Waals surface area contributed by atoms with Crippen LogP contribution in [0.25, 0.3) is 10.9 Å². The third kappa shape index (κ3) is 2.55. The molecule has 6 nitrogen and oxygen atoms in total. The van der Waals surface area contributed by atoms with Crippen LogP contribution in [-0.4, -0.2) is 20.7 Å². The number of aliphatic hydroxyl groups excluding tert-OH is 1. The van der Waals surface area contributed by atoms with Gasteiger partial charge in [-0.05, 0) is 18.1 Å². The molecular weight excluding hydrogens is 258 g/mol. The van der Waals surface area contributed by atoms with Gasteiger partial charge in [0.05, 0.1) is 10.9 Å². The molecule has 0 aliphatic heterocycles. The summed E-state index contributed by atoms with van der Waals surface area (Å²) in [5.74, 6) is -0.400. The average molecular weight is 275 g/mol. The highest BCUT2D eigenvalue weighted by atomic mass is 16.3. The second-order valence-electron chi connectivity index (χ2n) is 4.98. The van der Waals surface area contributed by atoms with E-state index in [0.717, 1.165) is 4.68 Å². The molecule has 0 unspecified atom stereocenters. The van der Waals surface area contributed by atoms with Crippen molar-refractivity contribution in [3.8, 4) is 0 Å². The standard InChI is InChI=1S/C14H17N3O3/c1-8(2)12(19)13-15-11-7-5-4-6-10(11)14(20)17(13)16-9(3)18/h4-8,12,19H,1-3H3,(H,16,18)/t12-/m0/s1. The van der Waals surface area contributed by atoms with E-state index in [4.69, 9.17) is 0 Å². The molecule has 0 aliphatic carbocycles. The molecule has 20 heavy (non-hydrogen) atoms. The fourth-order valence-corrected chi connectivity index (χ4v) is 1.91. The van der Waals surface area contributed by atoms with E-state index in [0.29, 0.717) is 10.9 Å². The summed E-state index contributed by atoms with van der Waals surface area (Å²) in [6, 6.07) is 6.82. The molecule has 2 N–H and O–H groups in total. The van der Waals surface area contributed by atoms with Gasteiger partial charge in [-0.1, -0.05) is 26.0 Å². The van der Waals surface area contributed by atoms with Crippen LogP contribution in [0.1, 0.15) is 32.7 Å². The second kappa shape index (κ2) is 5.42. The van der Waals surface area contributed by atoms with Crippen molar-refractivity contribution in [3.05, 3.63) is 40.4 Å². The van der Waals surface area contributed by atoms with E-state index in [1.807, 2.05) is 13.8 Å². The molecule has 106 valence electrons. The van der Waals surface area contributed by atoms with E-state index in [2.05, 4.69) is 10.4 Å². The van der Waals surface area contributed by atoms with E-state index >= 15 is 0 Å². The zero-order chi connectivity index (χ0) is 14.9. The minimum Gasteiger partial charge on any atom is -0.385 e. The van der Waals surface area contributed by atoms with Gasteiger partial charge < -0.3 is 5.11 Å². The van der Waals surface area contributed by atoms with E-state index in [-0.39, 0.29) is 11.7 Å². The maximum Gasteiger partial charge on any atom is 0.280 e. The number of fused-ring (bicyclic) bond motifs is 1. The number of nitrogens with zero attached hydrogens (tertiary/aromatic N) is 2. The van der Waals surface area contributed by atoms with Crippen molar-refractivity contribution >= 4 is 16.8 Å². The van der Waals surface area contributed by atoms with Gasteiger partial charge in [0.2, 0.25) is 5.91 Å². The van der Waals surface area contributed by atoms with Crippen LogP contribution in [0.15, 0.2) is 29.1 Å². The lowest BCUT2D eigenvalue weighted by Gasteiger charge is -2.19. The van der Waals surface area contributed by atoms with Crippen molar-refractivity contribution in [1.29, 1.82) is 0 Å². The highest BCUT2D eigenvalue weighted by molar-refractivity contribution is 5.82. The summed E-state index contributed by atoms with van der Waals surface area (Å²) in [7, 11) is 0. The number of benzene rings is 1. The summed E-state index contributed by atoms with van der Waals surface area (Å²) in [6.45, 7) is 4.92. The van der Waals surface area contributed by atoms with Crippen LogP contribution in [-0.2, 0) is 4.79 Å². The highest BCUT2D eigenvalue weighted by Gasteiger charge is 2.21. The Bertz CT molecular complexity index is 706. The van der Waals surface area contributed by atoms with Crippen molar-refractivity contribution < 1.29 is 9.90 Å². The van der Waals surface area contributed by atoms with Crippen LogP contribution in [0.2, 0.25) is 0 Å². The molecule has 0 bridgehead atoms. The molecule has 0 aliphatic rings. The molecular formula is C14H17N3O3. The molecule has 2 aromatic rings. The summed E-state index contributed by atoms with van der Waals surface area (Å²) in [5.41, 5.74) is 2.50. The number of amides is 1. The number of carbonyl (C=O) groups excluding carboxylic acids is 1. The molecule has 1 aromatic heterocycles. The molecule has 6 heteroatoms. The first kappa shape index (κ1) is 14.2. The summed E-state index contributed by atoms with van der Waals surface area (Å²) < 4.78 is 1.02. The first-order valence-corrected chi connectivity index (χ1v) is 6.39. The molecule has 0 fully saturated rings. The van der Waals surface area contributed by atoms with E-state index in [9.17, 15) is 14.7 Å². The lowest BCUT2D eigenvalue weighted by Crippen LogP contribution is -2.37. The number of hydrogen-bond donors (Lipinski definition) is 2. The molecule has 2 rings (SSSR count). The van der Waals surface area contributed by atoms with Crippen LogP contribution < -0.4 is 11.0 Å². The molecule has 0 spiro atoms. The Morgan fingerprint density at radius 1 is 1.35 bits per heavy atom. The lowest BCUT2D eigenvalue weighted by molar-refractivity contribution is -0.115. The maximum absolute atomic E-state index is 12.4. The zero-order valence-electron chi connectivity index (χ0n) is 11.6. The van der Waals surface area contributed by atoms with Crippen molar-refractivity contribution in [2.45, 2.75) is 26.9 Å². The Morgan fingerprint density at radius 2 is 2.00 bits per heavy atom. The molecule has 0 radical (unpaired) electrons. The quantitative estimate of drug-likeness (QED) is 0.880. The molecule has 0 saturated heterocycles.